The summed E-state index contributed by atoms with van der Waals surface area (Å²) in [5.41, 5.74) is 2.73. The van der Waals surface area contributed by atoms with Gasteiger partial charge in [-0.2, -0.15) is 0 Å². The Morgan fingerprint density at radius 2 is 1.91 bits per heavy atom. The van der Waals surface area contributed by atoms with Gasteiger partial charge in [0.2, 0.25) is 5.90 Å². The van der Waals surface area contributed by atoms with E-state index in [0.29, 0.717) is 23.5 Å². The number of rotatable bonds is 6. The van der Waals surface area contributed by atoms with Gasteiger partial charge in [-0.3, -0.25) is 10.1 Å². The van der Waals surface area contributed by atoms with E-state index in [1.807, 2.05) is 24.3 Å². The highest BCUT2D eigenvalue weighted by Crippen LogP contribution is 2.25. The third kappa shape index (κ3) is 4.92. The van der Waals surface area contributed by atoms with Gasteiger partial charge in [-0.15, -0.1) is 0 Å². The lowest BCUT2D eigenvalue weighted by Gasteiger charge is -2.07. The number of aliphatic imine (C=N–C) groups is 1. The minimum Gasteiger partial charge on any atom is -0.489 e. The largest absolute Gasteiger partial charge is 0.489 e. The van der Waals surface area contributed by atoms with Gasteiger partial charge < -0.3 is 9.47 Å². The number of ether oxygens (including phenoxy) is 2. The molecule has 1 heterocycles. The zero-order valence-electron chi connectivity index (χ0n) is 16.9. The van der Waals surface area contributed by atoms with E-state index < -0.39 is 10.9 Å². The molecule has 0 aromatic heterocycles. The molecule has 4 rings (SSSR count). The molecule has 0 unspecified atom stereocenters. The van der Waals surface area contributed by atoms with Gasteiger partial charge in [0.15, 0.2) is 5.70 Å². The first-order chi connectivity index (χ1) is 15.4. The standard InChI is InChI=1S/C24H17BrN2O5/c1-15-5-8-18(13-22(15)27(29)30)23-26-21(24(28)32-23)12-16-6-9-20(10-7-16)31-14-17-3-2-4-19(25)11-17/h2-13H,14H2,1H3/b21-12-. The predicted octanol–water partition coefficient (Wildman–Crippen LogP) is 5.59. The van der Waals surface area contributed by atoms with Crippen molar-refractivity contribution in [3.63, 3.8) is 0 Å². The van der Waals surface area contributed by atoms with Gasteiger partial charge in [0.25, 0.3) is 5.69 Å². The topological polar surface area (TPSA) is 91.0 Å². The zero-order chi connectivity index (χ0) is 22.7. The molecular weight excluding hydrogens is 476 g/mol. The third-order valence-electron chi connectivity index (χ3n) is 4.75. The van der Waals surface area contributed by atoms with Crippen LogP contribution < -0.4 is 4.74 Å². The van der Waals surface area contributed by atoms with Crippen LogP contribution in [0.25, 0.3) is 6.08 Å². The van der Waals surface area contributed by atoms with E-state index in [1.54, 1.807) is 49.4 Å². The summed E-state index contributed by atoms with van der Waals surface area (Å²) in [7, 11) is 0. The molecule has 0 fully saturated rings. The summed E-state index contributed by atoms with van der Waals surface area (Å²) >= 11 is 3.44. The second-order valence-electron chi connectivity index (χ2n) is 7.08. The maximum absolute atomic E-state index is 12.2. The highest BCUT2D eigenvalue weighted by molar-refractivity contribution is 9.10. The number of nitro benzene ring substituents is 1. The van der Waals surface area contributed by atoms with Gasteiger partial charge in [-0.05, 0) is 54.5 Å². The maximum Gasteiger partial charge on any atom is 0.363 e. The second-order valence-corrected chi connectivity index (χ2v) is 8.00. The van der Waals surface area contributed by atoms with Crippen LogP contribution in [0.5, 0.6) is 5.75 Å². The summed E-state index contributed by atoms with van der Waals surface area (Å²) < 4.78 is 12.0. The van der Waals surface area contributed by atoms with Crippen molar-refractivity contribution < 1.29 is 19.2 Å². The number of carbonyl (C=O) groups is 1. The summed E-state index contributed by atoms with van der Waals surface area (Å²) in [6, 6.07) is 19.7. The zero-order valence-corrected chi connectivity index (χ0v) is 18.5. The van der Waals surface area contributed by atoms with E-state index in [9.17, 15) is 14.9 Å². The number of cyclic esters (lactones) is 1. The molecule has 0 saturated heterocycles. The molecule has 0 radical (unpaired) electrons. The molecule has 0 amide bonds. The van der Waals surface area contributed by atoms with Crippen molar-refractivity contribution >= 4 is 39.6 Å². The predicted molar refractivity (Wildman–Crippen MR) is 123 cm³/mol. The van der Waals surface area contributed by atoms with Gasteiger partial charge in [0.1, 0.15) is 12.4 Å². The second kappa shape index (κ2) is 9.15. The van der Waals surface area contributed by atoms with E-state index in [-0.39, 0.29) is 17.3 Å². The van der Waals surface area contributed by atoms with Crippen molar-refractivity contribution in [2.75, 3.05) is 0 Å². The molecule has 0 saturated carbocycles. The number of nitro groups is 1. The van der Waals surface area contributed by atoms with E-state index >= 15 is 0 Å². The number of esters is 1. The third-order valence-corrected chi connectivity index (χ3v) is 5.24. The Labute approximate surface area is 192 Å². The molecule has 0 N–H and O–H groups in total. The number of benzene rings is 3. The summed E-state index contributed by atoms with van der Waals surface area (Å²) in [5, 5.41) is 11.2. The maximum atomic E-state index is 12.2. The summed E-state index contributed by atoms with van der Waals surface area (Å²) in [5.74, 6) is 0.119. The number of hydrogen-bond acceptors (Lipinski definition) is 6. The Hall–Kier alpha value is -3.78. The van der Waals surface area contributed by atoms with Gasteiger partial charge in [-0.1, -0.05) is 46.3 Å². The monoisotopic (exact) mass is 492 g/mol. The Kier molecular flexibility index (Phi) is 6.13. The Morgan fingerprint density at radius 1 is 1.12 bits per heavy atom. The molecule has 3 aromatic rings. The van der Waals surface area contributed by atoms with Gasteiger partial charge in [0.05, 0.1) is 4.92 Å². The van der Waals surface area contributed by atoms with E-state index in [1.165, 1.54) is 6.07 Å². The molecule has 7 nitrogen and oxygen atoms in total. The number of carbonyl (C=O) groups excluding carboxylic acids is 1. The summed E-state index contributed by atoms with van der Waals surface area (Å²) in [4.78, 5) is 27.1. The Balaban J connectivity index is 1.48. The van der Waals surface area contributed by atoms with Crippen molar-refractivity contribution in [2.45, 2.75) is 13.5 Å². The molecular formula is C24H17BrN2O5. The average molecular weight is 493 g/mol. The lowest BCUT2D eigenvalue weighted by Crippen LogP contribution is -2.06. The SMILES string of the molecule is Cc1ccc(C2=N/C(=C\c3ccc(OCc4cccc(Br)c4)cc3)C(=O)O2)cc1[N+](=O)[O-]. The van der Waals surface area contributed by atoms with Crippen molar-refractivity contribution in [3.05, 3.63) is 109 Å². The smallest absolute Gasteiger partial charge is 0.363 e. The average Bonchev–Trinajstić information content (AvgIpc) is 3.13. The van der Waals surface area contributed by atoms with Crippen LogP contribution in [0.2, 0.25) is 0 Å². The van der Waals surface area contributed by atoms with E-state index in [0.717, 1.165) is 15.6 Å². The van der Waals surface area contributed by atoms with Crippen LogP contribution in [0.1, 0.15) is 22.3 Å². The van der Waals surface area contributed by atoms with Crippen LogP contribution in [0.15, 0.2) is 81.9 Å². The molecule has 1 aliphatic rings. The number of aryl methyl sites for hydroxylation is 1. The Bertz CT molecular complexity index is 1270. The first-order valence-corrected chi connectivity index (χ1v) is 10.4. The quantitative estimate of drug-likeness (QED) is 0.193. The minimum absolute atomic E-state index is 0.0401. The molecule has 8 heteroatoms. The van der Waals surface area contributed by atoms with Crippen molar-refractivity contribution in [1.82, 2.24) is 0 Å². The molecule has 0 aliphatic carbocycles. The van der Waals surface area contributed by atoms with Crippen LogP contribution in [-0.4, -0.2) is 16.8 Å². The normalized spacial score (nSPS) is 14.2. The molecule has 3 aromatic carbocycles. The highest BCUT2D eigenvalue weighted by atomic mass is 79.9. The molecule has 32 heavy (non-hydrogen) atoms. The summed E-state index contributed by atoms with van der Waals surface area (Å²) in [6.07, 6.45) is 1.59. The van der Waals surface area contributed by atoms with Crippen LogP contribution in [0, 0.1) is 17.0 Å². The highest BCUT2D eigenvalue weighted by Gasteiger charge is 2.25. The fraction of sp³-hybridized carbons (Fsp3) is 0.0833. The lowest BCUT2D eigenvalue weighted by molar-refractivity contribution is -0.385. The van der Waals surface area contributed by atoms with Crippen LogP contribution in [-0.2, 0) is 16.1 Å². The van der Waals surface area contributed by atoms with E-state index in [2.05, 4.69) is 20.9 Å². The van der Waals surface area contributed by atoms with Crippen molar-refractivity contribution in [1.29, 1.82) is 0 Å². The van der Waals surface area contributed by atoms with Gasteiger partial charge in [-0.25, -0.2) is 9.79 Å². The van der Waals surface area contributed by atoms with Crippen LogP contribution >= 0.6 is 15.9 Å². The van der Waals surface area contributed by atoms with Crippen LogP contribution in [0.4, 0.5) is 5.69 Å². The molecule has 0 spiro atoms. The van der Waals surface area contributed by atoms with Crippen LogP contribution in [0.3, 0.4) is 0 Å². The van der Waals surface area contributed by atoms with Gasteiger partial charge in [0, 0.05) is 21.7 Å². The van der Waals surface area contributed by atoms with Gasteiger partial charge >= 0.3 is 5.97 Å². The molecule has 0 atom stereocenters. The molecule has 0 bridgehead atoms. The van der Waals surface area contributed by atoms with Crippen molar-refractivity contribution in [3.8, 4) is 5.75 Å². The first-order valence-electron chi connectivity index (χ1n) is 9.64. The first kappa shape index (κ1) is 21.5. The minimum atomic E-state index is -0.613. The fourth-order valence-electron chi connectivity index (χ4n) is 3.08. The Morgan fingerprint density at radius 3 is 2.62 bits per heavy atom. The van der Waals surface area contributed by atoms with E-state index in [4.69, 9.17) is 9.47 Å². The fourth-order valence-corrected chi connectivity index (χ4v) is 3.53. The lowest BCUT2D eigenvalue weighted by atomic mass is 10.1. The molecule has 160 valence electrons. The number of nitrogens with zero attached hydrogens (tertiary/aromatic N) is 2. The number of hydrogen-bond donors (Lipinski definition) is 0. The summed E-state index contributed by atoms with van der Waals surface area (Å²) in [6.45, 7) is 2.07. The molecule has 1 aliphatic heterocycles. The number of halogens is 1. The van der Waals surface area contributed by atoms with Crippen molar-refractivity contribution in [2.24, 2.45) is 4.99 Å².